The Morgan fingerprint density at radius 1 is 0.739 bits per heavy atom. The van der Waals surface area contributed by atoms with Crippen molar-refractivity contribution in [2.24, 2.45) is 0 Å². The molecule has 0 saturated carbocycles. The lowest BCUT2D eigenvalue weighted by molar-refractivity contribution is 0.402. The summed E-state index contributed by atoms with van der Waals surface area (Å²) in [5.41, 5.74) is 1.95. The highest BCUT2D eigenvalue weighted by atomic mass is 32.2. The first-order chi connectivity index (χ1) is 11.2. The van der Waals surface area contributed by atoms with Crippen LogP contribution in [0.5, 0.6) is 0 Å². The minimum atomic E-state index is -3.50. The van der Waals surface area contributed by atoms with Crippen LogP contribution in [0.2, 0.25) is 0 Å². The fourth-order valence-electron chi connectivity index (χ4n) is 2.34. The molecule has 0 atom stereocenters. The molecule has 5 heteroatoms. The maximum atomic E-state index is 12.9. The Balaban J connectivity index is 1.93. The van der Waals surface area contributed by atoms with Crippen LogP contribution in [0.15, 0.2) is 82.4 Å². The third-order valence-electron chi connectivity index (χ3n) is 3.49. The fraction of sp³-hybridized carbons (Fsp3) is 0.111. The molecule has 0 aliphatic heterocycles. The summed E-state index contributed by atoms with van der Waals surface area (Å²) in [6, 6.07) is 22.8. The highest BCUT2D eigenvalue weighted by molar-refractivity contribution is 7.91. The molecule has 0 radical (unpaired) electrons. The van der Waals surface area contributed by atoms with Crippen molar-refractivity contribution in [3.63, 3.8) is 0 Å². The summed E-state index contributed by atoms with van der Waals surface area (Å²) in [5, 5.41) is 1.79. The van der Waals surface area contributed by atoms with Gasteiger partial charge in [-0.1, -0.05) is 66.7 Å². The molecule has 3 aromatic rings. The average Bonchev–Trinajstić information content (AvgIpc) is 3.11. The molecule has 1 heterocycles. The van der Waals surface area contributed by atoms with Gasteiger partial charge in [-0.15, -0.1) is 11.3 Å². The average molecular weight is 343 g/mol. The Hall–Kier alpha value is -1.95. The number of rotatable bonds is 6. The molecule has 0 spiro atoms. The van der Waals surface area contributed by atoms with Gasteiger partial charge < -0.3 is 0 Å². The highest BCUT2D eigenvalue weighted by Crippen LogP contribution is 2.24. The van der Waals surface area contributed by atoms with Crippen LogP contribution in [0.1, 0.15) is 11.1 Å². The molecule has 0 saturated heterocycles. The van der Waals surface area contributed by atoms with E-state index < -0.39 is 10.0 Å². The summed E-state index contributed by atoms with van der Waals surface area (Å²) in [7, 11) is -3.50. The van der Waals surface area contributed by atoms with E-state index in [1.807, 2.05) is 60.7 Å². The zero-order valence-electron chi connectivity index (χ0n) is 12.5. The Kier molecular flexibility index (Phi) is 4.91. The summed E-state index contributed by atoms with van der Waals surface area (Å²) in [4.78, 5) is 0. The van der Waals surface area contributed by atoms with E-state index in [1.165, 1.54) is 15.6 Å². The summed E-state index contributed by atoms with van der Waals surface area (Å²) >= 11 is 1.25. The Morgan fingerprint density at radius 3 is 1.70 bits per heavy atom. The number of sulfonamides is 1. The van der Waals surface area contributed by atoms with Crippen LogP contribution in [-0.2, 0) is 23.1 Å². The predicted molar refractivity (Wildman–Crippen MR) is 93.6 cm³/mol. The minimum Gasteiger partial charge on any atom is -0.206 e. The first-order valence-electron chi connectivity index (χ1n) is 7.28. The van der Waals surface area contributed by atoms with Crippen molar-refractivity contribution in [1.82, 2.24) is 4.31 Å². The third kappa shape index (κ3) is 3.88. The number of hydrogen-bond donors (Lipinski definition) is 0. The quantitative estimate of drug-likeness (QED) is 0.674. The van der Waals surface area contributed by atoms with Gasteiger partial charge in [-0.3, -0.25) is 0 Å². The van der Waals surface area contributed by atoms with Gasteiger partial charge in [0.2, 0.25) is 0 Å². The number of hydrogen-bond acceptors (Lipinski definition) is 3. The van der Waals surface area contributed by atoms with E-state index in [1.54, 1.807) is 17.5 Å². The van der Waals surface area contributed by atoms with Crippen molar-refractivity contribution in [1.29, 1.82) is 0 Å². The van der Waals surface area contributed by atoms with E-state index in [9.17, 15) is 8.42 Å². The Labute approximate surface area is 140 Å². The molecule has 118 valence electrons. The molecule has 0 amide bonds. The van der Waals surface area contributed by atoms with E-state index >= 15 is 0 Å². The second-order valence-electron chi connectivity index (χ2n) is 5.18. The van der Waals surface area contributed by atoms with Crippen molar-refractivity contribution in [3.05, 3.63) is 89.3 Å². The molecule has 0 N–H and O–H groups in total. The zero-order valence-corrected chi connectivity index (χ0v) is 14.1. The molecule has 0 bridgehead atoms. The van der Waals surface area contributed by atoms with E-state index in [0.717, 1.165) is 11.1 Å². The lowest BCUT2D eigenvalue weighted by atomic mass is 10.2. The second kappa shape index (κ2) is 7.08. The molecule has 3 rings (SSSR count). The lowest BCUT2D eigenvalue weighted by Gasteiger charge is -2.21. The van der Waals surface area contributed by atoms with Gasteiger partial charge in [0.25, 0.3) is 10.0 Å². The van der Waals surface area contributed by atoms with Gasteiger partial charge in [-0.05, 0) is 22.6 Å². The molecule has 0 unspecified atom stereocenters. The monoisotopic (exact) mass is 343 g/mol. The third-order valence-corrected chi connectivity index (χ3v) is 6.66. The maximum absolute atomic E-state index is 12.9. The fourth-order valence-corrected chi connectivity index (χ4v) is 4.90. The van der Waals surface area contributed by atoms with Crippen LogP contribution in [0.3, 0.4) is 0 Å². The van der Waals surface area contributed by atoms with E-state index in [2.05, 4.69) is 0 Å². The van der Waals surface area contributed by atoms with Crippen molar-refractivity contribution < 1.29 is 8.42 Å². The normalized spacial score (nSPS) is 11.7. The first-order valence-corrected chi connectivity index (χ1v) is 9.60. The van der Waals surface area contributed by atoms with Gasteiger partial charge in [-0.2, -0.15) is 4.31 Å². The summed E-state index contributed by atoms with van der Waals surface area (Å²) in [6.07, 6.45) is 0. The van der Waals surface area contributed by atoms with Crippen molar-refractivity contribution >= 4 is 21.4 Å². The van der Waals surface area contributed by atoms with Crippen LogP contribution < -0.4 is 0 Å². The molecular weight excluding hydrogens is 326 g/mol. The maximum Gasteiger partial charge on any atom is 0.253 e. The van der Waals surface area contributed by atoms with Gasteiger partial charge in [0, 0.05) is 13.1 Å². The van der Waals surface area contributed by atoms with Crippen molar-refractivity contribution in [2.75, 3.05) is 0 Å². The van der Waals surface area contributed by atoms with E-state index in [4.69, 9.17) is 0 Å². The van der Waals surface area contributed by atoms with Gasteiger partial charge in [0.05, 0.1) is 0 Å². The lowest BCUT2D eigenvalue weighted by Crippen LogP contribution is -2.29. The number of benzene rings is 2. The molecular formula is C18H17NO2S2. The molecule has 3 nitrogen and oxygen atoms in total. The van der Waals surface area contributed by atoms with Gasteiger partial charge in [-0.25, -0.2) is 8.42 Å². The molecule has 23 heavy (non-hydrogen) atoms. The largest absolute Gasteiger partial charge is 0.253 e. The SMILES string of the molecule is O=S(=O)(c1cccs1)N(Cc1ccccc1)Cc1ccccc1. The topological polar surface area (TPSA) is 37.4 Å². The highest BCUT2D eigenvalue weighted by Gasteiger charge is 2.25. The molecule has 0 aliphatic rings. The summed E-state index contributed by atoms with van der Waals surface area (Å²) < 4.78 is 27.8. The summed E-state index contributed by atoms with van der Waals surface area (Å²) in [5.74, 6) is 0. The van der Waals surface area contributed by atoms with Gasteiger partial charge in [0.15, 0.2) is 0 Å². The number of nitrogens with zero attached hydrogens (tertiary/aromatic N) is 1. The Bertz CT molecular complexity index is 788. The zero-order chi connectivity index (χ0) is 16.1. The molecule has 1 aromatic heterocycles. The van der Waals surface area contributed by atoms with Crippen LogP contribution >= 0.6 is 11.3 Å². The smallest absolute Gasteiger partial charge is 0.206 e. The minimum absolute atomic E-state index is 0.357. The standard InChI is InChI=1S/C18H17NO2S2/c20-23(21,18-12-7-13-22-18)19(14-16-8-3-1-4-9-16)15-17-10-5-2-6-11-17/h1-13H,14-15H2. The first kappa shape index (κ1) is 15.9. The molecule has 2 aromatic carbocycles. The summed E-state index contributed by atoms with van der Waals surface area (Å²) in [6.45, 7) is 0.714. The van der Waals surface area contributed by atoms with Crippen LogP contribution in [0, 0.1) is 0 Å². The van der Waals surface area contributed by atoms with Gasteiger partial charge >= 0.3 is 0 Å². The van der Waals surface area contributed by atoms with Crippen LogP contribution in [-0.4, -0.2) is 12.7 Å². The number of thiophene rings is 1. The van der Waals surface area contributed by atoms with Crippen LogP contribution in [0.4, 0.5) is 0 Å². The molecule has 0 fully saturated rings. The molecule has 0 aliphatic carbocycles. The van der Waals surface area contributed by atoms with Crippen LogP contribution in [0.25, 0.3) is 0 Å². The van der Waals surface area contributed by atoms with E-state index in [0.29, 0.717) is 17.3 Å². The van der Waals surface area contributed by atoms with Crippen molar-refractivity contribution in [2.45, 2.75) is 17.3 Å². The van der Waals surface area contributed by atoms with Gasteiger partial charge in [0.1, 0.15) is 4.21 Å². The second-order valence-corrected chi connectivity index (χ2v) is 8.29. The van der Waals surface area contributed by atoms with Crippen molar-refractivity contribution in [3.8, 4) is 0 Å². The Morgan fingerprint density at radius 2 is 1.26 bits per heavy atom. The van der Waals surface area contributed by atoms with E-state index in [-0.39, 0.29) is 0 Å². The predicted octanol–water partition coefficient (Wildman–Crippen LogP) is 4.14.